The number of phenols is 2. The van der Waals surface area contributed by atoms with Crippen molar-refractivity contribution in [1.82, 2.24) is 0 Å². The van der Waals surface area contributed by atoms with Crippen LogP contribution >= 0.6 is 0 Å². The summed E-state index contributed by atoms with van der Waals surface area (Å²) in [7, 11) is 0. The van der Waals surface area contributed by atoms with Crippen molar-refractivity contribution < 1.29 is 29.6 Å². The van der Waals surface area contributed by atoms with E-state index in [0.717, 1.165) is 36.5 Å². The molecule has 2 fully saturated rings. The van der Waals surface area contributed by atoms with Crippen LogP contribution in [0.25, 0.3) is 11.0 Å². The van der Waals surface area contributed by atoms with Gasteiger partial charge in [-0.2, -0.15) is 0 Å². The molecule has 4 N–H and O–H groups in total. The van der Waals surface area contributed by atoms with E-state index in [1.807, 2.05) is 6.92 Å². The Morgan fingerprint density at radius 1 is 1.05 bits per heavy atom. The van der Waals surface area contributed by atoms with Crippen LogP contribution in [0.4, 0.5) is 0 Å². The van der Waals surface area contributed by atoms with Gasteiger partial charge in [0.05, 0.1) is 11.5 Å². The molecule has 8 unspecified atom stereocenters. The smallest absolute Gasteiger partial charge is 0.196 e. The zero-order valence-electron chi connectivity index (χ0n) is 24.9. The second-order valence-electron chi connectivity index (χ2n) is 14.3. The topological polar surface area (TPSA) is 128 Å². The van der Waals surface area contributed by atoms with Crippen molar-refractivity contribution in [3.63, 3.8) is 0 Å². The summed E-state index contributed by atoms with van der Waals surface area (Å²) in [6, 6.07) is 3.76. The highest BCUT2D eigenvalue weighted by Gasteiger charge is 2.59. The van der Waals surface area contributed by atoms with E-state index in [1.54, 1.807) is 6.08 Å². The minimum Gasteiger partial charge on any atom is -0.508 e. The molecule has 4 aliphatic rings. The molecule has 4 aliphatic carbocycles. The molecule has 8 atom stereocenters. The van der Waals surface area contributed by atoms with E-state index in [0.29, 0.717) is 25.2 Å². The molecule has 42 heavy (non-hydrogen) atoms. The number of fused-ring (bicyclic) bond motifs is 3. The van der Waals surface area contributed by atoms with Gasteiger partial charge in [-0.1, -0.05) is 51.5 Å². The van der Waals surface area contributed by atoms with Crippen LogP contribution in [0.3, 0.4) is 0 Å². The van der Waals surface area contributed by atoms with Crippen LogP contribution in [0.2, 0.25) is 0 Å². The number of aromatic hydroxyl groups is 2. The van der Waals surface area contributed by atoms with Gasteiger partial charge in [-0.25, -0.2) is 0 Å². The van der Waals surface area contributed by atoms with Crippen LogP contribution in [0.15, 0.2) is 63.4 Å². The van der Waals surface area contributed by atoms with Gasteiger partial charge in [0.15, 0.2) is 11.2 Å². The Morgan fingerprint density at radius 3 is 2.52 bits per heavy atom. The summed E-state index contributed by atoms with van der Waals surface area (Å²) in [4.78, 5) is 26.3. The quantitative estimate of drug-likeness (QED) is 0.347. The molecule has 0 aliphatic heterocycles. The lowest BCUT2D eigenvalue weighted by Crippen LogP contribution is -2.56. The lowest BCUT2D eigenvalue weighted by Gasteiger charge is -2.60. The summed E-state index contributed by atoms with van der Waals surface area (Å²) in [6.45, 7) is 13.4. The number of ketones is 1. The molecule has 6 rings (SSSR count). The van der Waals surface area contributed by atoms with Crippen molar-refractivity contribution in [3.05, 3.63) is 70.1 Å². The normalized spacial score (nSPS) is 37.7. The maximum atomic E-state index is 13.5. The van der Waals surface area contributed by atoms with E-state index in [9.17, 15) is 30.0 Å². The van der Waals surface area contributed by atoms with E-state index in [-0.39, 0.29) is 56.7 Å². The lowest BCUT2D eigenvalue weighted by atomic mass is 9.44. The van der Waals surface area contributed by atoms with Gasteiger partial charge in [0, 0.05) is 24.1 Å². The highest BCUT2D eigenvalue weighted by Crippen LogP contribution is 2.64. The number of phenolic OH excluding ortho intramolecular Hbond substituents is 2. The third kappa shape index (κ3) is 4.07. The zero-order valence-corrected chi connectivity index (χ0v) is 24.9. The molecule has 0 bridgehead atoms. The average molecular weight is 575 g/mol. The minimum absolute atomic E-state index is 0.0347. The monoisotopic (exact) mass is 574 g/mol. The van der Waals surface area contributed by atoms with Crippen molar-refractivity contribution >= 4 is 16.8 Å². The van der Waals surface area contributed by atoms with Gasteiger partial charge in [-0.15, -0.1) is 0 Å². The first kappa shape index (κ1) is 28.9. The summed E-state index contributed by atoms with van der Waals surface area (Å²) >= 11 is 0. The van der Waals surface area contributed by atoms with Crippen molar-refractivity contribution in [3.8, 4) is 11.5 Å². The molecule has 1 aromatic carbocycles. The van der Waals surface area contributed by atoms with Crippen LogP contribution in [0, 0.1) is 34.5 Å². The second-order valence-corrected chi connectivity index (χ2v) is 14.3. The summed E-state index contributed by atoms with van der Waals surface area (Å²) in [5.74, 6) is -1.36. The second kappa shape index (κ2) is 9.68. The Labute approximate surface area is 246 Å². The van der Waals surface area contributed by atoms with E-state index >= 15 is 0 Å². The molecule has 224 valence electrons. The van der Waals surface area contributed by atoms with Crippen molar-refractivity contribution in [1.29, 1.82) is 0 Å². The van der Waals surface area contributed by atoms with Crippen LogP contribution in [0.5, 0.6) is 11.5 Å². The molecule has 0 saturated heterocycles. The fraction of sp³-hybridized carbons (Fsp3) is 0.543. The maximum Gasteiger partial charge on any atom is 0.196 e. The standard InChI is InChI=1S/C35H42O7/c1-18-7-8-21-32(41)24(37)9-12-35(21,30-17-27(40)31-26(39)13-20(36)14-28(31)42-30)22(18)15-23-19(2)25(38)16-29-33(3,4)10-6-11-34(23,29)5/h7,9,12-14,17,21-23,25,29,32,36,38-39,41H,2,6,8,10-11,15-16H2,1,3-5H3. The summed E-state index contributed by atoms with van der Waals surface area (Å²) in [6.07, 6.45) is 8.26. The van der Waals surface area contributed by atoms with Crippen LogP contribution in [0.1, 0.15) is 72.0 Å². The van der Waals surface area contributed by atoms with Gasteiger partial charge in [-0.05, 0) is 79.3 Å². The third-order valence-electron chi connectivity index (χ3n) is 11.7. The molecule has 0 radical (unpaired) electrons. The molecule has 1 aromatic heterocycles. The highest BCUT2D eigenvalue weighted by atomic mass is 16.3. The van der Waals surface area contributed by atoms with E-state index in [1.165, 1.54) is 18.2 Å². The largest absolute Gasteiger partial charge is 0.508 e. The van der Waals surface area contributed by atoms with Gasteiger partial charge in [0.2, 0.25) is 0 Å². The van der Waals surface area contributed by atoms with Gasteiger partial charge in [0.25, 0.3) is 0 Å². The predicted molar refractivity (Wildman–Crippen MR) is 160 cm³/mol. The third-order valence-corrected chi connectivity index (χ3v) is 11.7. The van der Waals surface area contributed by atoms with Gasteiger partial charge in [-0.3, -0.25) is 9.59 Å². The van der Waals surface area contributed by atoms with Crippen LogP contribution in [-0.4, -0.2) is 38.4 Å². The molecule has 7 heteroatoms. The number of carbonyl (C=O) groups is 1. The van der Waals surface area contributed by atoms with Gasteiger partial charge in [0.1, 0.15) is 34.3 Å². The maximum absolute atomic E-state index is 13.5. The van der Waals surface area contributed by atoms with Crippen molar-refractivity contribution in [2.24, 2.45) is 34.5 Å². The summed E-state index contributed by atoms with van der Waals surface area (Å²) in [5, 5.41) is 43.2. The number of rotatable bonds is 3. The summed E-state index contributed by atoms with van der Waals surface area (Å²) < 4.78 is 6.38. The van der Waals surface area contributed by atoms with Gasteiger partial charge >= 0.3 is 0 Å². The van der Waals surface area contributed by atoms with E-state index < -0.39 is 29.0 Å². The number of hydrogen-bond donors (Lipinski definition) is 4. The SMILES string of the molecule is C=C1C(O)CC2C(C)(C)CCCC2(C)C1CC1C(C)=CCC2C(O)C(=O)C=CC12c1cc(=O)c2c(O)cc(O)cc2o1. The Bertz CT molecular complexity index is 1590. The number of carbonyl (C=O) groups excluding carboxylic acids is 1. The van der Waals surface area contributed by atoms with Crippen LogP contribution < -0.4 is 5.43 Å². The number of hydrogen-bond acceptors (Lipinski definition) is 7. The van der Waals surface area contributed by atoms with Crippen molar-refractivity contribution in [2.75, 3.05) is 0 Å². The number of aliphatic hydroxyl groups excluding tert-OH is 2. The van der Waals surface area contributed by atoms with E-state index in [2.05, 4.69) is 33.4 Å². The predicted octanol–water partition coefficient (Wildman–Crippen LogP) is 5.68. The lowest BCUT2D eigenvalue weighted by molar-refractivity contribution is -0.129. The summed E-state index contributed by atoms with van der Waals surface area (Å²) in [5.41, 5.74) is 0.339. The highest BCUT2D eigenvalue weighted by molar-refractivity contribution is 5.95. The average Bonchev–Trinajstić information content (AvgIpc) is 2.90. The fourth-order valence-electron chi connectivity index (χ4n) is 9.57. The zero-order chi connectivity index (χ0) is 30.4. The van der Waals surface area contributed by atoms with Crippen LogP contribution in [-0.2, 0) is 10.2 Å². The first-order valence-corrected chi connectivity index (χ1v) is 15.2. The number of benzene rings is 1. The molecule has 0 spiro atoms. The molecule has 2 saturated carbocycles. The Hall–Kier alpha value is -3.16. The molecule has 1 heterocycles. The first-order chi connectivity index (χ1) is 19.7. The molecule has 2 aromatic rings. The van der Waals surface area contributed by atoms with Gasteiger partial charge < -0.3 is 24.8 Å². The van der Waals surface area contributed by atoms with E-state index in [4.69, 9.17) is 4.42 Å². The Morgan fingerprint density at radius 2 is 1.79 bits per heavy atom. The molecular weight excluding hydrogens is 532 g/mol. The fourth-order valence-corrected chi connectivity index (χ4v) is 9.57. The molecule has 7 nitrogen and oxygen atoms in total. The van der Waals surface area contributed by atoms with Crippen molar-refractivity contribution in [2.45, 2.75) is 83.8 Å². The Balaban J connectivity index is 1.56. The molecule has 0 amide bonds. The number of aliphatic hydroxyl groups is 2. The Kier molecular flexibility index (Phi) is 6.67. The first-order valence-electron chi connectivity index (χ1n) is 15.2. The molecular formula is C35H42O7. The minimum atomic E-state index is -1.29. The number of allylic oxidation sites excluding steroid dienone is 3.